The van der Waals surface area contributed by atoms with Crippen LogP contribution in [0.15, 0.2) is 12.7 Å². The Morgan fingerprint density at radius 3 is 2.82 bits per heavy atom. The molecule has 0 aromatic heterocycles. The van der Waals surface area contributed by atoms with E-state index in [2.05, 4.69) is 20.4 Å². The summed E-state index contributed by atoms with van der Waals surface area (Å²) in [5.41, 5.74) is 0. The highest BCUT2D eigenvalue weighted by Gasteiger charge is 1.98. The van der Waals surface area contributed by atoms with Gasteiger partial charge in [-0.25, -0.2) is 0 Å². The lowest BCUT2D eigenvalue weighted by molar-refractivity contribution is 0.0596. The third-order valence-electron chi connectivity index (χ3n) is 1.63. The minimum atomic E-state index is 0.426. The molecule has 11 heavy (non-hydrogen) atoms. The molecule has 0 fully saturated rings. The van der Waals surface area contributed by atoms with Crippen LogP contribution in [0.5, 0.6) is 0 Å². The lowest BCUT2D eigenvalue weighted by atomic mass is 10.2. The molecule has 0 amide bonds. The Balaban J connectivity index is 3.08. The van der Waals surface area contributed by atoms with Crippen molar-refractivity contribution in [2.24, 2.45) is 0 Å². The predicted molar refractivity (Wildman–Crippen MR) is 49.8 cm³/mol. The van der Waals surface area contributed by atoms with Gasteiger partial charge in [0.05, 0.1) is 6.10 Å². The number of rotatable bonds is 7. The first-order chi connectivity index (χ1) is 5.31. The van der Waals surface area contributed by atoms with E-state index in [9.17, 15) is 0 Å². The van der Waals surface area contributed by atoms with Crippen LogP contribution in [0.4, 0.5) is 0 Å². The molecule has 0 spiro atoms. The SMILES string of the molecule is C=CCCCC(C)OCCC. The van der Waals surface area contributed by atoms with E-state index in [1.54, 1.807) is 0 Å². The van der Waals surface area contributed by atoms with Crippen molar-refractivity contribution < 1.29 is 4.74 Å². The van der Waals surface area contributed by atoms with E-state index < -0.39 is 0 Å². The highest BCUT2D eigenvalue weighted by atomic mass is 16.5. The summed E-state index contributed by atoms with van der Waals surface area (Å²) in [4.78, 5) is 0. The molecule has 0 radical (unpaired) electrons. The number of ether oxygens (including phenoxy) is 1. The van der Waals surface area contributed by atoms with E-state index in [4.69, 9.17) is 4.74 Å². The Morgan fingerprint density at radius 1 is 1.55 bits per heavy atom. The van der Waals surface area contributed by atoms with Crippen LogP contribution in [0.2, 0.25) is 0 Å². The Hall–Kier alpha value is -0.300. The van der Waals surface area contributed by atoms with Crippen LogP contribution >= 0.6 is 0 Å². The highest BCUT2D eigenvalue weighted by molar-refractivity contribution is 4.66. The zero-order chi connectivity index (χ0) is 8.53. The molecular weight excluding hydrogens is 136 g/mol. The van der Waals surface area contributed by atoms with Gasteiger partial charge in [-0.05, 0) is 32.6 Å². The second kappa shape index (κ2) is 7.80. The normalized spacial score (nSPS) is 12.9. The molecule has 66 valence electrons. The highest BCUT2D eigenvalue weighted by Crippen LogP contribution is 2.04. The van der Waals surface area contributed by atoms with Crippen LogP contribution in [0, 0.1) is 0 Å². The van der Waals surface area contributed by atoms with E-state index >= 15 is 0 Å². The maximum Gasteiger partial charge on any atom is 0.0547 e. The summed E-state index contributed by atoms with van der Waals surface area (Å²) in [5.74, 6) is 0. The minimum Gasteiger partial charge on any atom is -0.379 e. The van der Waals surface area contributed by atoms with Gasteiger partial charge in [-0.2, -0.15) is 0 Å². The van der Waals surface area contributed by atoms with Crippen molar-refractivity contribution in [2.75, 3.05) is 6.61 Å². The van der Waals surface area contributed by atoms with Gasteiger partial charge in [-0.3, -0.25) is 0 Å². The maximum absolute atomic E-state index is 5.50. The van der Waals surface area contributed by atoms with Crippen LogP contribution < -0.4 is 0 Å². The van der Waals surface area contributed by atoms with E-state index in [0.29, 0.717) is 6.10 Å². The molecule has 1 heteroatoms. The van der Waals surface area contributed by atoms with Crippen molar-refractivity contribution in [3.05, 3.63) is 12.7 Å². The van der Waals surface area contributed by atoms with Crippen LogP contribution in [0.3, 0.4) is 0 Å². The first-order valence-electron chi connectivity index (χ1n) is 4.53. The smallest absolute Gasteiger partial charge is 0.0547 e. The molecule has 0 aliphatic rings. The summed E-state index contributed by atoms with van der Waals surface area (Å²) in [6.07, 6.45) is 6.98. The molecule has 0 aromatic rings. The fraction of sp³-hybridized carbons (Fsp3) is 0.800. The van der Waals surface area contributed by atoms with Crippen molar-refractivity contribution in [1.82, 2.24) is 0 Å². The molecule has 0 heterocycles. The molecule has 1 atom stereocenters. The van der Waals surface area contributed by atoms with Crippen molar-refractivity contribution >= 4 is 0 Å². The largest absolute Gasteiger partial charge is 0.379 e. The van der Waals surface area contributed by atoms with E-state index in [0.717, 1.165) is 25.9 Å². The molecule has 0 rings (SSSR count). The second-order valence-corrected chi connectivity index (χ2v) is 2.90. The van der Waals surface area contributed by atoms with E-state index in [-0.39, 0.29) is 0 Å². The molecule has 0 aliphatic heterocycles. The van der Waals surface area contributed by atoms with Gasteiger partial charge in [0.25, 0.3) is 0 Å². The van der Waals surface area contributed by atoms with Gasteiger partial charge in [-0.15, -0.1) is 6.58 Å². The lowest BCUT2D eigenvalue weighted by Crippen LogP contribution is -2.08. The number of unbranched alkanes of at least 4 members (excludes halogenated alkanes) is 1. The van der Waals surface area contributed by atoms with Gasteiger partial charge >= 0.3 is 0 Å². The molecule has 0 saturated carbocycles. The van der Waals surface area contributed by atoms with Crippen LogP contribution in [0.25, 0.3) is 0 Å². The molecule has 0 aromatic carbocycles. The fourth-order valence-corrected chi connectivity index (χ4v) is 0.952. The number of hydrogen-bond donors (Lipinski definition) is 0. The number of hydrogen-bond acceptors (Lipinski definition) is 1. The van der Waals surface area contributed by atoms with Gasteiger partial charge in [0.15, 0.2) is 0 Å². The molecule has 0 aliphatic carbocycles. The molecule has 0 N–H and O–H groups in total. The van der Waals surface area contributed by atoms with Crippen LogP contribution in [0.1, 0.15) is 39.5 Å². The van der Waals surface area contributed by atoms with Gasteiger partial charge in [0, 0.05) is 6.61 Å². The Morgan fingerprint density at radius 2 is 2.27 bits per heavy atom. The lowest BCUT2D eigenvalue weighted by Gasteiger charge is -2.10. The van der Waals surface area contributed by atoms with Crippen molar-refractivity contribution in [1.29, 1.82) is 0 Å². The molecular formula is C10H20O. The Labute approximate surface area is 70.4 Å². The summed E-state index contributed by atoms with van der Waals surface area (Å²) in [7, 11) is 0. The monoisotopic (exact) mass is 156 g/mol. The average molecular weight is 156 g/mol. The molecule has 0 saturated heterocycles. The van der Waals surface area contributed by atoms with Crippen LogP contribution in [-0.4, -0.2) is 12.7 Å². The van der Waals surface area contributed by atoms with Crippen molar-refractivity contribution in [2.45, 2.75) is 45.6 Å². The van der Waals surface area contributed by atoms with E-state index in [1.165, 1.54) is 6.42 Å². The van der Waals surface area contributed by atoms with Gasteiger partial charge in [0.2, 0.25) is 0 Å². The van der Waals surface area contributed by atoms with Gasteiger partial charge in [-0.1, -0.05) is 13.0 Å². The molecule has 1 nitrogen and oxygen atoms in total. The summed E-state index contributed by atoms with van der Waals surface area (Å²) in [5, 5.41) is 0. The summed E-state index contributed by atoms with van der Waals surface area (Å²) in [6, 6.07) is 0. The molecule has 1 unspecified atom stereocenters. The minimum absolute atomic E-state index is 0.426. The fourth-order valence-electron chi connectivity index (χ4n) is 0.952. The first kappa shape index (κ1) is 10.7. The third kappa shape index (κ3) is 7.60. The topological polar surface area (TPSA) is 9.23 Å². The predicted octanol–water partition coefficient (Wildman–Crippen LogP) is 3.16. The third-order valence-corrected chi connectivity index (χ3v) is 1.63. The van der Waals surface area contributed by atoms with Crippen molar-refractivity contribution in [3.8, 4) is 0 Å². The first-order valence-corrected chi connectivity index (χ1v) is 4.53. The van der Waals surface area contributed by atoms with Gasteiger partial charge < -0.3 is 4.74 Å². The van der Waals surface area contributed by atoms with Crippen molar-refractivity contribution in [3.63, 3.8) is 0 Å². The zero-order valence-corrected chi connectivity index (χ0v) is 7.81. The summed E-state index contributed by atoms with van der Waals surface area (Å²) >= 11 is 0. The summed E-state index contributed by atoms with van der Waals surface area (Å²) in [6.45, 7) is 8.85. The zero-order valence-electron chi connectivity index (χ0n) is 7.81. The van der Waals surface area contributed by atoms with E-state index in [1.807, 2.05) is 6.08 Å². The average Bonchev–Trinajstić information content (AvgIpc) is 2.01. The Kier molecular flexibility index (Phi) is 7.59. The quantitative estimate of drug-likeness (QED) is 0.406. The maximum atomic E-state index is 5.50. The van der Waals surface area contributed by atoms with Gasteiger partial charge in [0.1, 0.15) is 0 Å². The number of allylic oxidation sites excluding steroid dienone is 1. The second-order valence-electron chi connectivity index (χ2n) is 2.90. The standard InChI is InChI=1S/C10H20O/c1-4-6-7-8-10(3)11-9-5-2/h4,10H,1,5-9H2,2-3H3. The summed E-state index contributed by atoms with van der Waals surface area (Å²) < 4.78 is 5.50. The van der Waals surface area contributed by atoms with Crippen LogP contribution in [-0.2, 0) is 4.74 Å². The Bertz CT molecular complexity index is 88.9. The molecule has 0 bridgehead atoms.